The van der Waals surface area contributed by atoms with Gasteiger partial charge < -0.3 is 10.2 Å². The quantitative estimate of drug-likeness (QED) is 0.478. The highest BCUT2D eigenvalue weighted by molar-refractivity contribution is 6.43. The summed E-state index contributed by atoms with van der Waals surface area (Å²) in [6, 6.07) is 6.15. The third kappa shape index (κ3) is 4.61. The lowest BCUT2D eigenvalue weighted by atomic mass is 9.77. The summed E-state index contributed by atoms with van der Waals surface area (Å²) in [5.74, 6) is 0.956. The summed E-state index contributed by atoms with van der Waals surface area (Å²) in [7, 11) is 0. The molecule has 33 heavy (non-hydrogen) atoms. The summed E-state index contributed by atoms with van der Waals surface area (Å²) in [5, 5.41) is 4.71. The van der Waals surface area contributed by atoms with Gasteiger partial charge in [-0.15, -0.1) is 0 Å². The number of aryl methyl sites for hydroxylation is 1. The molecule has 2 saturated carbocycles. The van der Waals surface area contributed by atoms with Crippen molar-refractivity contribution in [2.75, 3.05) is 18.0 Å². The van der Waals surface area contributed by atoms with E-state index in [1.807, 2.05) is 19.1 Å². The molecule has 1 N–H and O–H groups in total. The van der Waals surface area contributed by atoms with Crippen molar-refractivity contribution in [3.8, 4) is 11.3 Å². The van der Waals surface area contributed by atoms with E-state index in [1.165, 1.54) is 64.2 Å². The monoisotopic (exact) mass is 484 g/mol. The molecule has 0 unspecified atom stereocenters. The van der Waals surface area contributed by atoms with E-state index in [2.05, 4.69) is 16.8 Å². The van der Waals surface area contributed by atoms with Crippen LogP contribution in [-0.2, 0) is 0 Å². The lowest BCUT2D eigenvalue weighted by Crippen LogP contribution is -2.40. The van der Waals surface area contributed by atoms with Crippen LogP contribution in [0, 0.1) is 12.3 Å². The Morgan fingerprint density at radius 1 is 1.03 bits per heavy atom. The molecule has 1 aromatic heterocycles. The normalized spacial score (nSPS) is 20.5. The maximum atomic E-state index is 6.58. The molecule has 0 amide bonds. The SMILES string of the molecule is C=C(NC1CCCC1)c1nc(-c2cccc(Cl)c2Cl)c(C)nc1N1CCC2(CCCC2)CC1. The van der Waals surface area contributed by atoms with Gasteiger partial charge in [0.15, 0.2) is 5.82 Å². The van der Waals surface area contributed by atoms with Crippen molar-refractivity contribution in [3.63, 3.8) is 0 Å². The van der Waals surface area contributed by atoms with Crippen LogP contribution in [0.5, 0.6) is 0 Å². The van der Waals surface area contributed by atoms with Crippen molar-refractivity contribution in [1.82, 2.24) is 15.3 Å². The minimum Gasteiger partial charge on any atom is -0.381 e. The molecule has 0 radical (unpaired) electrons. The van der Waals surface area contributed by atoms with Crippen molar-refractivity contribution < 1.29 is 0 Å². The van der Waals surface area contributed by atoms with Gasteiger partial charge in [-0.2, -0.15) is 0 Å². The summed E-state index contributed by atoms with van der Waals surface area (Å²) in [6.45, 7) is 8.51. The Morgan fingerprint density at radius 3 is 2.42 bits per heavy atom. The molecule has 1 spiro atoms. The van der Waals surface area contributed by atoms with Crippen LogP contribution in [0.1, 0.15) is 75.6 Å². The number of nitrogens with one attached hydrogen (secondary N) is 1. The van der Waals surface area contributed by atoms with Crippen molar-refractivity contribution in [3.05, 3.63) is 46.2 Å². The molecular formula is C27H34Cl2N4. The summed E-state index contributed by atoms with van der Waals surface area (Å²) >= 11 is 12.9. The van der Waals surface area contributed by atoms with E-state index in [0.29, 0.717) is 21.5 Å². The van der Waals surface area contributed by atoms with Gasteiger partial charge in [0, 0.05) is 24.7 Å². The first-order valence-electron chi connectivity index (χ1n) is 12.5. The highest BCUT2D eigenvalue weighted by atomic mass is 35.5. The number of piperidine rings is 1. The van der Waals surface area contributed by atoms with Crippen LogP contribution in [0.2, 0.25) is 10.0 Å². The average molecular weight is 486 g/mol. The van der Waals surface area contributed by atoms with E-state index in [-0.39, 0.29) is 0 Å². The number of anilines is 1. The van der Waals surface area contributed by atoms with E-state index >= 15 is 0 Å². The van der Waals surface area contributed by atoms with Gasteiger partial charge in [-0.25, -0.2) is 9.97 Å². The third-order valence-electron chi connectivity index (χ3n) is 8.07. The molecule has 1 aliphatic heterocycles. The zero-order valence-corrected chi connectivity index (χ0v) is 21.1. The van der Waals surface area contributed by atoms with Crippen LogP contribution in [0.3, 0.4) is 0 Å². The lowest BCUT2D eigenvalue weighted by Gasteiger charge is -2.40. The van der Waals surface area contributed by atoms with E-state index in [0.717, 1.165) is 47.2 Å². The molecule has 3 aliphatic rings. The van der Waals surface area contributed by atoms with E-state index in [1.54, 1.807) is 6.07 Å². The van der Waals surface area contributed by atoms with Crippen molar-refractivity contribution >= 4 is 34.7 Å². The number of nitrogens with zero attached hydrogens (tertiary/aromatic N) is 3. The number of benzene rings is 1. The zero-order chi connectivity index (χ0) is 23.0. The number of hydrogen-bond acceptors (Lipinski definition) is 4. The van der Waals surface area contributed by atoms with Crippen LogP contribution in [0.4, 0.5) is 5.82 Å². The van der Waals surface area contributed by atoms with Gasteiger partial charge >= 0.3 is 0 Å². The zero-order valence-electron chi connectivity index (χ0n) is 19.6. The summed E-state index contributed by atoms with van der Waals surface area (Å²) in [6.07, 6.45) is 13.0. The second-order valence-electron chi connectivity index (χ2n) is 10.2. The van der Waals surface area contributed by atoms with Gasteiger partial charge in [-0.3, -0.25) is 0 Å². The van der Waals surface area contributed by atoms with Gasteiger partial charge in [0.25, 0.3) is 0 Å². The molecule has 176 valence electrons. The Morgan fingerprint density at radius 2 is 1.73 bits per heavy atom. The highest BCUT2D eigenvalue weighted by Crippen LogP contribution is 2.47. The van der Waals surface area contributed by atoms with Crippen molar-refractivity contribution in [1.29, 1.82) is 0 Å². The predicted molar refractivity (Wildman–Crippen MR) is 139 cm³/mol. The lowest BCUT2D eigenvalue weighted by molar-refractivity contribution is 0.226. The molecule has 2 aromatic rings. The topological polar surface area (TPSA) is 41.1 Å². The van der Waals surface area contributed by atoms with Crippen molar-refractivity contribution in [2.45, 2.75) is 77.2 Å². The van der Waals surface area contributed by atoms with E-state index in [4.69, 9.17) is 33.2 Å². The highest BCUT2D eigenvalue weighted by Gasteiger charge is 2.38. The Bertz CT molecular complexity index is 1030. The van der Waals surface area contributed by atoms with Gasteiger partial charge in [0.05, 0.1) is 27.1 Å². The van der Waals surface area contributed by atoms with Crippen molar-refractivity contribution in [2.24, 2.45) is 5.41 Å². The smallest absolute Gasteiger partial charge is 0.157 e. The molecule has 4 nitrogen and oxygen atoms in total. The van der Waals surface area contributed by atoms with Crippen LogP contribution < -0.4 is 10.2 Å². The molecule has 0 bridgehead atoms. The van der Waals surface area contributed by atoms with Gasteiger partial charge in [-0.05, 0) is 56.9 Å². The minimum atomic E-state index is 0.467. The largest absolute Gasteiger partial charge is 0.381 e. The fraction of sp³-hybridized carbons (Fsp3) is 0.556. The van der Waals surface area contributed by atoms with Gasteiger partial charge in [-0.1, -0.05) is 67.6 Å². The number of hydrogen-bond donors (Lipinski definition) is 1. The second kappa shape index (κ2) is 9.46. The van der Waals surface area contributed by atoms with Crippen LogP contribution in [-0.4, -0.2) is 29.1 Å². The van der Waals surface area contributed by atoms with Crippen LogP contribution >= 0.6 is 23.2 Å². The van der Waals surface area contributed by atoms with Gasteiger partial charge in [0.1, 0.15) is 5.69 Å². The summed E-state index contributed by atoms with van der Waals surface area (Å²) in [4.78, 5) is 12.7. The Balaban J connectivity index is 1.51. The van der Waals surface area contributed by atoms with Crippen LogP contribution in [0.15, 0.2) is 24.8 Å². The molecule has 2 aliphatic carbocycles. The molecule has 3 fully saturated rings. The first-order chi connectivity index (χ1) is 16.0. The standard InChI is InChI=1S/C27H34Cl2N4/c1-18-24(21-10-7-11-22(28)23(21)29)32-25(19(2)30-20-8-3-4-9-20)26(31-18)33-16-14-27(15-17-33)12-5-6-13-27/h7,10-11,20,30H,2-6,8-9,12-17H2,1H3. The van der Waals surface area contributed by atoms with E-state index < -0.39 is 0 Å². The number of aromatic nitrogens is 2. The molecule has 0 atom stereocenters. The van der Waals surface area contributed by atoms with Gasteiger partial charge in [0.2, 0.25) is 0 Å². The Hall–Kier alpha value is -1.78. The maximum Gasteiger partial charge on any atom is 0.157 e. The molecule has 5 rings (SSSR count). The van der Waals surface area contributed by atoms with Crippen LogP contribution in [0.25, 0.3) is 17.0 Å². The Labute approximate surface area is 207 Å². The summed E-state index contributed by atoms with van der Waals surface area (Å²) < 4.78 is 0. The average Bonchev–Trinajstić information content (AvgIpc) is 3.49. The first-order valence-corrected chi connectivity index (χ1v) is 13.3. The van der Waals surface area contributed by atoms with E-state index in [9.17, 15) is 0 Å². The minimum absolute atomic E-state index is 0.467. The third-order valence-corrected chi connectivity index (χ3v) is 8.88. The predicted octanol–water partition coefficient (Wildman–Crippen LogP) is 7.42. The maximum absolute atomic E-state index is 6.58. The fourth-order valence-corrected chi connectivity index (χ4v) is 6.46. The second-order valence-corrected chi connectivity index (χ2v) is 11.0. The first kappa shape index (κ1) is 23.0. The number of rotatable bonds is 5. The summed E-state index contributed by atoms with van der Waals surface area (Å²) in [5.41, 5.74) is 4.74. The molecule has 2 heterocycles. The molecular weight excluding hydrogens is 451 g/mol. The Kier molecular flexibility index (Phi) is 6.59. The fourth-order valence-electron chi connectivity index (χ4n) is 6.07. The molecule has 6 heteroatoms. The number of halogens is 2. The molecule has 1 aromatic carbocycles. The molecule has 1 saturated heterocycles.